The summed E-state index contributed by atoms with van der Waals surface area (Å²) in [6, 6.07) is 9.81. The van der Waals surface area contributed by atoms with Crippen molar-refractivity contribution < 1.29 is 26.7 Å². The second kappa shape index (κ2) is 12.6. The first-order valence-corrected chi connectivity index (χ1v) is 13.8. The quantitative estimate of drug-likeness (QED) is 0.480. The first-order valence-electron chi connectivity index (χ1n) is 10.9. The van der Waals surface area contributed by atoms with E-state index >= 15 is 0 Å². The van der Waals surface area contributed by atoms with Crippen molar-refractivity contribution in [3.05, 3.63) is 65.7 Å². The predicted octanol–water partition coefficient (Wildman–Crippen LogP) is 2.55. The van der Waals surface area contributed by atoms with Crippen LogP contribution in [0.25, 0.3) is 0 Å². The van der Waals surface area contributed by atoms with Gasteiger partial charge in [-0.25, -0.2) is 17.2 Å². The number of nitrogens with one attached hydrogen (secondary N) is 2. The maximum atomic E-state index is 14.1. The van der Waals surface area contributed by atoms with Gasteiger partial charge in [-0.3, -0.25) is 9.69 Å². The van der Waals surface area contributed by atoms with Crippen LogP contribution in [0.3, 0.4) is 0 Å². The number of carbonyl (C=O) groups is 1. The smallest absolute Gasteiger partial charge is 0.244 e. The molecule has 3 rings (SSSR count). The van der Waals surface area contributed by atoms with Gasteiger partial charge in [0.2, 0.25) is 15.9 Å². The highest BCUT2D eigenvalue weighted by atomic mass is 32.2. The largest absolute Gasteiger partial charge is 0.379 e. The Morgan fingerprint density at radius 2 is 1.79 bits per heavy atom. The number of morpholine rings is 1. The molecular formula is C23H29F2N3O4S2. The number of amides is 1. The molecule has 7 nitrogen and oxygen atoms in total. The Morgan fingerprint density at radius 3 is 2.44 bits per heavy atom. The van der Waals surface area contributed by atoms with Gasteiger partial charge in [0, 0.05) is 19.6 Å². The highest BCUT2D eigenvalue weighted by Gasteiger charge is 2.29. The van der Waals surface area contributed by atoms with Crippen LogP contribution in [0.15, 0.2) is 53.4 Å². The zero-order valence-electron chi connectivity index (χ0n) is 18.9. The van der Waals surface area contributed by atoms with Gasteiger partial charge < -0.3 is 10.1 Å². The molecule has 0 radical (unpaired) electrons. The first-order chi connectivity index (χ1) is 16.3. The third-order valence-corrected chi connectivity index (χ3v) is 7.71. The molecule has 0 spiro atoms. The Kier molecular flexibility index (Phi) is 9.84. The minimum Gasteiger partial charge on any atom is -0.379 e. The van der Waals surface area contributed by atoms with Crippen molar-refractivity contribution in [1.82, 2.24) is 14.9 Å². The van der Waals surface area contributed by atoms with Crippen LogP contribution in [0, 0.1) is 11.6 Å². The molecule has 0 bridgehead atoms. The Labute approximate surface area is 203 Å². The van der Waals surface area contributed by atoms with Gasteiger partial charge >= 0.3 is 0 Å². The van der Waals surface area contributed by atoms with Crippen LogP contribution in [0.5, 0.6) is 0 Å². The van der Waals surface area contributed by atoms with Gasteiger partial charge in [-0.15, -0.1) is 0 Å². The molecular weight excluding hydrogens is 484 g/mol. The van der Waals surface area contributed by atoms with Crippen molar-refractivity contribution in [2.75, 3.05) is 44.9 Å². The molecule has 0 unspecified atom stereocenters. The Morgan fingerprint density at radius 1 is 1.12 bits per heavy atom. The average molecular weight is 514 g/mol. The molecule has 2 aromatic rings. The lowest BCUT2D eigenvalue weighted by molar-refractivity contribution is -0.123. The summed E-state index contributed by atoms with van der Waals surface area (Å²) in [4.78, 5) is 14.7. The van der Waals surface area contributed by atoms with E-state index in [1.165, 1.54) is 36.0 Å². The van der Waals surface area contributed by atoms with E-state index in [1.54, 1.807) is 12.1 Å². The van der Waals surface area contributed by atoms with Crippen molar-refractivity contribution in [1.29, 1.82) is 0 Å². The summed E-state index contributed by atoms with van der Waals surface area (Å²) in [5.41, 5.74) is 0.830. The summed E-state index contributed by atoms with van der Waals surface area (Å²) in [7, 11) is -4.25. The van der Waals surface area contributed by atoms with Crippen LogP contribution in [-0.2, 0) is 19.6 Å². The van der Waals surface area contributed by atoms with E-state index in [1.807, 2.05) is 6.26 Å². The monoisotopic (exact) mass is 513 g/mol. The lowest BCUT2D eigenvalue weighted by Gasteiger charge is -2.35. The van der Waals surface area contributed by atoms with Gasteiger partial charge in [0.05, 0.1) is 19.3 Å². The number of thioether (sulfide) groups is 1. The summed E-state index contributed by atoms with van der Waals surface area (Å²) in [6.07, 6.45) is 2.09. The minimum atomic E-state index is -4.25. The van der Waals surface area contributed by atoms with Crippen LogP contribution in [0.4, 0.5) is 8.78 Å². The highest BCUT2D eigenvalue weighted by Crippen LogP contribution is 2.22. The highest BCUT2D eigenvalue weighted by molar-refractivity contribution is 7.98. The SMILES string of the molecule is CSCC[C@@H](NS(=O)(=O)c1ccccc1F)C(=O)NC[C@H](c1ccc(F)cc1)N1CCOCC1. The van der Waals surface area contributed by atoms with Crippen LogP contribution in [0.2, 0.25) is 0 Å². The molecule has 1 aliphatic rings. The average Bonchev–Trinajstić information content (AvgIpc) is 2.83. The molecule has 1 heterocycles. The molecule has 1 saturated heterocycles. The molecule has 1 aliphatic heterocycles. The predicted molar refractivity (Wildman–Crippen MR) is 128 cm³/mol. The molecule has 2 N–H and O–H groups in total. The third-order valence-electron chi connectivity index (χ3n) is 5.56. The zero-order valence-corrected chi connectivity index (χ0v) is 20.5. The number of halogens is 2. The summed E-state index contributed by atoms with van der Waals surface area (Å²) >= 11 is 1.47. The van der Waals surface area contributed by atoms with Gasteiger partial charge in [-0.2, -0.15) is 16.5 Å². The number of rotatable bonds is 11. The fraction of sp³-hybridized carbons (Fsp3) is 0.435. The Hall–Kier alpha value is -2.05. The Bertz CT molecular complexity index is 1050. The third kappa shape index (κ3) is 7.22. The standard InChI is InChI=1S/C23H29F2N3O4S2/c1-33-15-10-20(27-34(30,31)22-5-3-2-4-19(22)25)23(29)26-16-21(28-11-13-32-14-12-28)17-6-8-18(24)9-7-17/h2-9,20-21,27H,10-16H2,1H3,(H,26,29)/t20-,21-/m1/s1. The maximum Gasteiger partial charge on any atom is 0.244 e. The Balaban J connectivity index is 1.75. The van der Waals surface area contributed by atoms with E-state index < -0.39 is 32.7 Å². The summed E-state index contributed by atoms with van der Waals surface area (Å²) in [5, 5.41) is 2.85. The fourth-order valence-electron chi connectivity index (χ4n) is 3.74. The van der Waals surface area contributed by atoms with Gasteiger partial charge in [0.25, 0.3) is 0 Å². The fourth-order valence-corrected chi connectivity index (χ4v) is 5.53. The maximum absolute atomic E-state index is 14.1. The molecule has 0 aliphatic carbocycles. The van der Waals surface area contributed by atoms with Gasteiger partial charge in [0.1, 0.15) is 22.6 Å². The molecule has 1 amide bonds. The topological polar surface area (TPSA) is 87.7 Å². The van der Waals surface area contributed by atoms with Crippen molar-refractivity contribution in [3.63, 3.8) is 0 Å². The van der Waals surface area contributed by atoms with Crippen LogP contribution in [0.1, 0.15) is 18.0 Å². The number of benzene rings is 2. The lowest BCUT2D eigenvalue weighted by atomic mass is 10.0. The van der Waals surface area contributed by atoms with Crippen molar-refractivity contribution in [2.45, 2.75) is 23.4 Å². The van der Waals surface area contributed by atoms with E-state index in [-0.39, 0.29) is 24.8 Å². The van der Waals surface area contributed by atoms with Crippen molar-refractivity contribution in [2.24, 2.45) is 0 Å². The molecule has 0 aromatic heterocycles. The normalized spacial score (nSPS) is 16.7. The number of sulfonamides is 1. The zero-order chi connectivity index (χ0) is 24.6. The minimum absolute atomic E-state index is 0.196. The second-order valence-electron chi connectivity index (χ2n) is 7.85. The van der Waals surface area contributed by atoms with Crippen LogP contribution in [-0.4, -0.2) is 70.1 Å². The number of nitrogens with zero attached hydrogens (tertiary/aromatic N) is 1. The lowest BCUT2D eigenvalue weighted by Crippen LogP contribution is -2.50. The molecule has 186 valence electrons. The molecule has 34 heavy (non-hydrogen) atoms. The van der Waals surface area contributed by atoms with E-state index in [9.17, 15) is 22.0 Å². The molecule has 11 heteroatoms. The van der Waals surface area contributed by atoms with Gasteiger partial charge in [-0.1, -0.05) is 24.3 Å². The van der Waals surface area contributed by atoms with Crippen LogP contribution < -0.4 is 10.0 Å². The first kappa shape index (κ1) is 26.6. The number of ether oxygens (including phenoxy) is 1. The molecule has 1 fully saturated rings. The molecule has 2 atom stereocenters. The molecule has 2 aromatic carbocycles. The number of carbonyl (C=O) groups excluding carboxylic acids is 1. The van der Waals surface area contributed by atoms with Crippen LogP contribution >= 0.6 is 11.8 Å². The summed E-state index contributed by atoms with van der Waals surface area (Å²) < 4.78 is 60.9. The van der Waals surface area contributed by atoms with E-state index in [4.69, 9.17) is 4.74 Å². The number of hydrogen-bond acceptors (Lipinski definition) is 6. The second-order valence-corrected chi connectivity index (χ2v) is 10.5. The summed E-state index contributed by atoms with van der Waals surface area (Å²) in [6.45, 7) is 2.58. The van der Waals surface area contributed by atoms with E-state index in [2.05, 4.69) is 14.9 Å². The summed E-state index contributed by atoms with van der Waals surface area (Å²) in [5.74, 6) is -1.21. The van der Waals surface area contributed by atoms with E-state index in [0.717, 1.165) is 17.7 Å². The van der Waals surface area contributed by atoms with E-state index in [0.29, 0.717) is 32.1 Å². The molecule has 0 saturated carbocycles. The van der Waals surface area contributed by atoms with Gasteiger partial charge in [0.15, 0.2) is 0 Å². The van der Waals surface area contributed by atoms with Crippen molar-refractivity contribution in [3.8, 4) is 0 Å². The van der Waals surface area contributed by atoms with Gasteiger partial charge in [-0.05, 0) is 48.3 Å². The van der Waals surface area contributed by atoms with Crippen molar-refractivity contribution >= 4 is 27.7 Å². The number of hydrogen-bond donors (Lipinski definition) is 2.